The number of rotatable bonds is 1. The molecule has 0 spiro atoms. The van der Waals surface area contributed by atoms with Gasteiger partial charge in [-0.2, -0.15) is 0 Å². The maximum absolute atomic E-state index is 13.3. The van der Waals surface area contributed by atoms with Gasteiger partial charge >= 0.3 is 0 Å². The number of pyridine rings is 1. The van der Waals surface area contributed by atoms with Crippen molar-refractivity contribution in [2.24, 2.45) is 0 Å². The molecule has 2 heterocycles. The number of benzene rings is 1. The molecule has 1 aliphatic rings. The summed E-state index contributed by atoms with van der Waals surface area (Å²) in [6.45, 7) is 0.876. The van der Waals surface area contributed by atoms with Gasteiger partial charge in [-0.25, -0.2) is 4.39 Å². The quantitative estimate of drug-likeness (QED) is 0.797. The molecule has 0 atom stereocenters. The second-order valence-corrected chi connectivity index (χ2v) is 4.86. The minimum Gasteiger partial charge on any atom is -0.340 e. The molecule has 1 aromatic heterocycles. The van der Waals surface area contributed by atoms with Crippen LogP contribution < -0.4 is 4.90 Å². The Morgan fingerprint density at radius 3 is 2.94 bits per heavy atom. The van der Waals surface area contributed by atoms with Crippen LogP contribution in [0.15, 0.2) is 41.1 Å². The predicted octanol–water partition coefficient (Wildman–Crippen LogP) is 3.68. The highest BCUT2D eigenvalue weighted by Gasteiger charge is 2.22. The van der Waals surface area contributed by atoms with Crippen LogP contribution in [0.1, 0.15) is 5.56 Å². The molecule has 86 valence electrons. The first-order valence-corrected chi connectivity index (χ1v) is 6.20. The lowest BCUT2D eigenvalue weighted by atomic mass is 10.1. The van der Waals surface area contributed by atoms with Crippen molar-refractivity contribution in [1.29, 1.82) is 0 Å². The van der Waals surface area contributed by atoms with Gasteiger partial charge in [0, 0.05) is 24.6 Å². The Balaban J connectivity index is 2.10. The lowest BCUT2D eigenvalue weighted by Gasteiger charge is -2.20. The molecule has 1 aliphatic heterocycles. The number of halogens is 2. The largest absolute Gasteiger partial charge is 0.340 e. The second-order valence-electron chi connectivity index (χ2n) is 4.00. The summed E-state index contributed by atoms with van der Waals surface area (Å²) < 4.78 is 14.2. The Morgan fingerprint density at radius 2 is 2.12 bits per heavy atom. The summed E-state index contributed by atoms with van der Waals surface area (Å²) in [5, 5.41) is 0. The molecule has 17 heavy (non-hydrogen) atoms. The van der Waals surface area contributed by atoms with Gasteiger partial charge in [0.25, 0.3) is 0 Å². The van der Waals surface area contributed by atoms with Gasteiger partial charge in [0.1, 0.15) is 5.82 Å². The zero-order chi connectivity index (χ0) is 11.8. The van der Waals surface area contributed by atoms with E-state index in [-0.39, 0.29) is 5.82 Å². The van der Waals surface area contributed by atoms with Crippen molar-refractivity contribution in [3.05, 3.63) is 52.5 Å². The number of aromatic nitrogens is 1. The van der Waals surface area contributed by atoms with Crippen LogP contribution in [0.4, 0.5) is 15.8 Å². The van der Waals surface area contributed by atoms with Crippen LogP contribution in [0.3, 0.4) is 0 Å². The van der Waals surface area contributed by atoms with E-state index in [1.54, 1.807) is 18.5 Å². The van der Waals surface area contributed by atoms with Gasteiger partial charge in [-0.15, -0.1) is 0 Å². The number of anilines is 2. The van der Waals surface area contributed by atoms with E-state index in [4.69, 9.17) is 0 Å². The van der Waals surface area contributed by atoms with Crippen molar-refractivity contribution in [2.45, 2.75) is 6.42 Å². The molecule has 0 N–H and O–H groups in total. The van der Waals surface area contributed by atoms with Gasteiger partial charge in [0.05, 0.1) is 10.2 Å². The van der Waals surface area contributed by atoms with Gasteiger partial charge in [0.15, 0.2) is 0 Å². The number of nitrogens with zero attached hydrogens (tertiary/aromatic N) is 2. The summed E-state index contributed by atoms with van der Waals surface area (Å²) in [5.74, 6) is -0.194. The van der Waals surface area contributed by atoms with E-state index in [0.29, 0.717) is 0 Å². The van der Waals surface area contributed by atoms with Gasteiger partial charge < -0.3 is 4.90 Å². The molecule has 0 saturated carbocycles. The van der Waals surface area contributed by atoms with Crippen molar-refractivity contribution < 1.29 is 4.39 Å². The first-order valence-electron chi connectivity index (χ1n) is 5.41. The Kier molecular flexibility index (Phi) is 2.59. The van der Waals surface area contributed by atoms with E-state index in [0.717, 1.165) is 28.8 Å². The molecule has 0 unspecified atom stereocenters. The summed E-state index contributed by atoms with van der Waals surface area (Å²) in [7, 11) is 0. The first kappa shape index (κ1) is 10.7. The van der Waals surface area contributed by atoms with E-state index < -0.39 is 0 Å². The zero-order valence-corrected chi connectivity index (χ0v) is 10.6. The fourth-order valence-corrected chi connectivity index (χ4v) is 2.65. The number of fused-ring (bicyclic) bond motifs is 1. The topological polar surface area (TPSA) is 16.1 Å². The van der Waals surface area contributed by atoms with E-state index >= 15 is 0 Å². The van der Waals surface area contributed by atoms with Crippen LogP contribution in [-0.4, -0.2) is 11.5 Å². The van der Waals surface area contributed by atoms with E-state index in [9.17, 15) is 4.39 Å². The van der Waals surface area contributed by atoms with Gasteiger partial charge in [-0.05, 0) is 46.1 Å². The van der Waals surface area contributed by atoms with E-state index in [1.165, 1.54) is 11.6 Å². The maximum Gasteiger partial charge on any atom is 0.125 e. The molecule has 0 radical (unpaired) electrons. The van der Waals surface area contributed by atoms with Gasteiger partial charge in [0.2, 0.25) is 0 Å². The molecule has 0 fully saturated rings. The van der Waals surface area contributed by atoms with Crippen molar-refractivity contribution in [3.63, 3.8) is 0 Å². The molecule has 2 aromatic rings. The van der Waals surface area contributed by atoms with E-state index in [2.05, 4.69) is 25.8 Å². The van der Waals surface area contributed by atoms with Crippen molar-refractivity contribution >= 4 is 27.3 Å². The fraction of sp³-hybridized carbons (Fsp3) is 0.154. The van der Waals surface area contributed by atoms with Crippen LogP contribution in [0.5, 0.6) is 0 Å². The van der Waals surface area contributed by atoms with E-state index in [1.807, 2.05) is 12.1 Å². The third-order valence-corrected chi connectivity index (χ3v) is 3.60. The lowest BCUT2D eigenvalue weighted by Crippen LogP contribution is -2.13. The molecular formula is C13H10BrFN2. The second kappa shape index (κ2) is 4.11. The highest BCUT2D eigenvalue weighted by atomic mass is 79.9. The molecule has 2 nitrogen and oxygen atoms in total. The molecular weight excluding hydrogens is 283 g/mol. The number of hydrogen-bond donors (Lipinski definition) is 0. The van der Waals surface area contributed by atoms with Crippen molar-refractivity contribution in [2.75, 3.05) is 11.4 Å². The predicted molar refractivity (Wildman–Crippen MR) is 69.0 cm³/mol. The van der Waals surface area contributed by atoms with Crippen molar-refractivity contribution in [1.82, 2.24) is 4.98 Å². The molecule has 1 aromatic carbocycles. The summed E-state index contributed by atoms with van der Waals surface area (Å²) in [6, 6.07) is 6.91. The summed E-state index contributed by atoms with van der Waals surface area (Å²) in [5.41, 5.74) is 3.18. The maximum atomic E-state index is 13.3. The van der Waals surface area contributed by atoms with Crippen molar-refractivity contribution in [3.8, 4) is 0 Å². The van der Waals surface area contributed by atoms with Crippen LogP contribution >= 0.6 is 15.9 Å². The minimum absolute atomic E-state index is 0.194. The summed E-state index contributed by atoms with van der Waals surface area (Å²) in [4.78, 5) is 6.16. The lowest BCUT2D eigenvalue weighted by molar-refractivity contribution is 0.628. The van der Waals surface area contributed by atoms with Gasteiger partial charge in [-0.3, -0.25) is 4.98 Å². The smallest absolute Gasteiger partial charge is 0.125 e. The Morgan fingerprint density at radius 1 is 1.24 bits per heavy atom. The average Bonchev–Trinajstić information content (AvgIpc) is 2.72. The van der Waals surface area contributed by atoms with Crippen LogP contribution in [0, 0.1) is 5.82 Å². The molecule has 0 bridgehead atoms. The average molecular weight is 293 g/mol. The molecule has 3 rings (SSSR count). The highest BCUT2D eigenvalue weighted by molar-refractivity contribution is 9.10. The summed E-state index contributed by atoms with van der Waals surface area (Å²) >= 11 is 3.48. The highest BCUT2D eigenvalue weighted by Crippen LogP contribution is 2.37. The molecule has 0 saturated heterocycles. The normalized spacial score (nSPS) is 13.9. The summed E-state index contributed by atoms with van der Waals surface area (Å²) in [6.07, 6.45) is 4.45. The molecule has 0 aliphatic carbocycles. The Bertz CT molecular complexity index is 571. The Hall–Kier alpha value is -1.42. The van der Waals surface area contributed by atoms with Gasteiger partial charge in [-0.1, -0.05) is 6.07 Å². The zero-order valence-electron chi connectivity index (χ0n) is 9.03. The fourth-order valence-electron chi connectivity index (χ4n) is 2.19. The van der Waals surface area contributed by atoms with Crippen LogP contribution in [0.2, 0.25) is 0 Å². The third-order valence-electron chi connectivity index (χ3n) is 2.98. The monoisotopic (exact) mass is 292 g/mol. The minimum atomic E-state index is -0.194. The SMILES string of the molecule is Fc1ccc2c(c1)N(c1ccncc1Br)CC2. The third kappa shape index (κ3) is 1.82. The number of hydrogen-bond acceptors (Lipinski definition) is 2. The first-order chi connectivity index (χ1) is 8.25. The molecule has 4 heteroatoms. The van der Waals surface area contributed by atoms with Crippen LogP contribution in [0.25, 0.3) is 0 Å². The standard InChI is InChI=1S/C13H10BrFN2/c14-11-8-16-5-3-12(11)17-6-4-9-1-2-10(15)7-13(9)17/h1-3,5,7-8H,4,6H2. The van der Waals surface area contributed by atoms with Crippen LogP contribution in [-0.2, 0) is 6.42 Å². The Labute approximate surface area is 107 Å². The molecule has 0 amide bonds.